The summed E-state index contributed by atoms with van der Waals surface area (Å²) < 4.78 is 41.1. The minimum Gasteiger partial charge on any atom is -0.340 e. The summed E-state index contributed by atoms with van der Waals surface area (Å²) in [6, 6.07) is 6.15. The second kappa shape index (κ2) is 10.2. The molecule has 3 atom stereocenters. The van der Waals surface area contributed by atoms with Crippen LogP contribution in [0.3, 0.4) is 0 Å². The van der Waals surface area contributed by atoms with Crippen LogP contribution in [0.4, 0.5) is 19.0 Å². The first-order valence-corrected chi connectivity index (χ1v) is 12.4. The number of amides is 2. The number of allylic oxidation sites excluding steroid dienone is 1. The highest BCUT2D eigenvalue weighted by atomic mass is 19.3. The second-order valence-corrected chi connectivity index (χ2v) is 9.78. The van der Waals surface area contributed by atoms with Crippen molar-refractivity contribution in [2.45, 2.75) is 39.2 Å². The number of nitrogens with two attached hydrogens (primary N) is 1. The Morgan fingerprint density at radius 2 is 2.00 bits per heavy atom. The third-order valence-corrected chi connectivity index (χ3v) is 7.25. The molecule has 1 aromatic heterocycles. The highest BCUT2D eigenvalue weighted by Crippen LogP contribution is 2.38. The van der Waals surface area contributed by atoms with Crippen molar-refractivity contribution < 1.29 is 27.4 Å². The molecule has 1 aromatic carbocycles. The molecule has 0 aliphatic carbocycles. The molecule has 0 radical (unpaired) electrons. The number of quaternary nitrogens is 1. The fourth-order valence-electron chi connectivity index (χ4n) is 5.13. The Hall–Kier alpha value is -4.16. The maximum atomic E-state index is 15.5. The van der Waals surface area contributed by atoms with E-state index >= 15 is 4.39 Å². The molecule has 1 unspecified atom stereocenters. The number of rotatable bonds is 5. The molecule has 5 rings (SSSR count). The van der Waals surface area contributed by atoms with Crippen molar-refractivity contribution in [2.24, 2.45) is 21.7 Å². The summed E-state index contributed by atoms with van der Waals surface area (Å²) in [4.78, 5) is 39.6. The van der Waals surface area contributed by atoms with Crippen LogP contribution >= 0.6 is 0 Å². The first-order valence-electron chi connectivity index (χ1n) is 12.4. The number of hydrogen-bond acceptors (Lipinski definition) is 6. The number of nitrogens with zero attached hydrogens (tertiary/aromatic N) is 5. The SMILES string of the molecule is CC(=O)N1C[C@H](C2=C3C=NC=C[N+]3(N)C(c3ccc(C(=O)Nc4cc(C(F)F)ccn4)cc3F)=N2)CC[C@@H]1C. The Balaban J connectivity index is 1.44. The number of fused-ring (bicyclic) bond motifs is 1. The second-order valence-electron chi connectivity index (χ2n) is 9.78. The predicted octanol–water partition coefficient (Wildman–Crippen LogP) is 4.28. The summed E-state index contributed by atoms with van der Waals surface area (Å²) in [5.41, 5.74) is 0.984. The molecule has 0 saturated carbocycles. The van der Waals surface area contributed by atoms with Crippen molar-refractivity contribution in [3.63, 3.8) is 0 Å². The number of aromatic nitrogens is 1. The molecular formula is C27H27F3N7O2+. The average molecular weight is 539 g/mol. The number of carbonyl (C=O) groups is 2. The van der Waals surface area contributed by atoms with Gasteiger partial charge in [-0.05, 0) is 50.1 Å². The number of carbonyl (C=O) groups excluding carboxylic acids is 2. The van der Waals surface area contributed by atoms with Gasteiger partial charge in [0, 0.05) is 42.8 Å². The van der Waals surface area contributed by atoms with Crippen molar-refractivity contribution >= 4 is 29.7 Å². The van der Waals surface area contributed by atoms with E-state index in [1.54, 1.807) is 17.3 Å². The van der Waals surface area contributed by atoms with E-state index in [0.717, 1.165) is 37.2 Å². The monoisotopic (exact) mass is 538 g/mol. The van der Waals surface area contributed by atoms with E-state index in [9.17, 15) is 18.4 Å². The number of likely N-dealkylation sites (tertiary alicyclic amines) is 1. The van der Waals surface area contributed by atoms with Crippen LogP contribution in [0.1, 0.15) is 54.6 Å². The number of anilines is 1. The number of hydrogen-bond donors (Lipinski definition) is 2. The molecule has 1 saturated heterocycles. The number of nitrogens with one attached hydrogen (secondary N) is 1. The van der Waals surface area contributed by atoms with Crippen molar-refractivity contribution in [3.8, 4) is 0 Å². The fourth-order valence-corrected chi connectivity index (χ4v) is 5.13. The summed E-state index contributed by atoms with van der Waals surface area (Å²) in [5, 5.41) is 2.41. The van der Waals surface area contributed by atoms with Crippen LogP contribution in [0, 0.1) is 11.7 Å². The van der Waals surface area contributed by atoms with Gasteiger partial charge in [-0.2, -0.15) is 10.8 Å². The highest BCUT2D eigenvalue weighted by molar-refractivity contribution is 6.05. The van der Waals surface area contributed by atoms with Crippen molar-refractivity contribution in [2.75, 3.05) is 11.9 Å². The van der Waals surface area contributed by atoms with E-state index in [1.165, 1.54) is 25.3 Å². The predicted molar refractivity (Wildman–Crippen MR) is 139 cm³/mol. The molecule has 9 nitrogen and oxygen atoms in total. The number of pyridine rings is 1. The topological polar surface area (TPSA) is 113 Å². The molecule has 3 aliphatic rings. The Kier molecular flexibility index (Phi) is 6.91. The summed E-state index contributed by atoms with van der Waals surface area (Å²) in [5.74, 6) is 5.29. The number of aliphatic imine (C=N–C) groups is 2. The molecule has 0 spiro atoms. The lowest BCUT2D eigenvalue weighted by molar-refractivity contribution is -0.750. The van der Waals surface area contributed by atoms with E-state index in [0.29, 0.717) is 17.9 Å². The van der Waals surface area contributed by atoms with Gasteiger partial charge >= 0.3 is 0 Å². The van der Waals surface area contributed by atoms with Gasteiger partial charge in [-0.25, -0.2) is 18.2 Å². The zero-order valence-corrected chi connectivity index (χ0v) is 21.3. The number of amidine groups is 1. The fraction of sp³-hybridized carbons (Fsp3) is 0.296. The minimum atomic E-state index is -2.72. The quantitative estimate of drug-likeness (QED) is 0.437. The lowest BCUT2D eigenvalue weighted by atomic mass is 9.90. The van der Waals surface area contributed by atoms with Gasteiger partial charge in [0.05, 0.1) is 18.0 Å². The van der Waals surface area contributed by atoms with E-state index in [4.69, 9.17) is 10.8 Å². The largest absolute Gasteiger partial charge is 0.340 e. The van der Waals surface area contributed by atoms with Gasteiger partial charge < -0.3 is 10.2 Å². The van der Waals surface area contributed by atoms with E-state index in [2.05, 4.69) is 15.3 Å². The van der Waals surface area contributed by atoms with Crippen LogP contribution in [0.25, 0.3) is 0 Å². The smallest absolute Gasteiger partial charge is 0.267 e. The van der Waals surface area contributed by atoms with Gasteiger partial charge in [-0.1, -0.05) is 0 Å². The summed E-state index contributed by atoms with van der Waals surface area (Å²) in [6.07, 6.45) is 4.70. The summed E-state index contributed by atoms with van der Waals surface area (Å²) in [7, 11) is 0. The number of piperidine rings is 1. The summed E-state index contributed by atoms with van der Waals surface area (Å²) >= 11 is 0. The minimum absolute atomic E-state index is 0.0262. The summed E-state index contributed by atoms with van der Waals surface area (Å²) in [6.45, 7) is 4.00. The average Bonchev–Trinajstić information content (AvgIpc) is 3.21. The van der Waals surface area contributed by atoms with E-state index in [1.807, 2.05) is 6.92 Å². The van der Waals surface area contributed by atoms with Gasteiger partial charge in [0.1, 0.15) is 23.5 Å². The lowest BCUT2D eigenvalue weighted by Gasteiger charge is -2.37. The van der Waals surface area contributed by atoms with Crippen LogP contribution in [0.5, 0.6) is 0 Å². The van der Waals surface area contributed by atoms with Crippen molar-refractivity contribution in [1.29, 1.82) is 0 Å². The number of alkyl halides is 2. The molecule has 202 valence electrons. The maximum Gasteiger partial charge on any atom is 0.267 e. The molecule has 3 aliphatic heterocycles. The van der Waals surface area contributed by atoms with E-state index in [-0.39, 0.29) is 46.2 Å². The standard InChI is InChI=1S/C27H26F3N7O2/c1-15-3-4-19(14-36(15)16(2)38)24-22-13-32-9-10-37(22,31)26(35-24)20-6-5-18(11-21(20)28)27(39)34-23-12-17(25(29)30)7-8-33-23/h5-13,15,19,25H,3-4,14,31H2,1-2H3/p+1/t15-,19+,37?/m0/s1. The Morgan fingerprint density at radius 3 is 2.72 bits per heavy atom. The molecule has 12 heteroatoms. The first-order chi connectivity index (χ1) is 18.6. The Labute approximate surface area is 222 Å². The molecule has 2 amide bonds. The zero-order chi connectivity index (χ0) is 27.9. The maximum absolute atomic E-state index is 15.5. The zero-order valence-electron chi connectivity index (χ0n) is 21.3. The Morgan fingerprint density at radius 1 is 1.21 bits per heavy atom. The van der Waals surface area contributed by atoms with Gasteiger partial charge in [0.15, 0.2) is 0 Å². The molecular weight excluding hydrogens is 511 g/mol. The first kappa shape index (κ1) is 26.4. The number of benzene rings is 1. The normalized spacial score (nSPS) is 24.2. The van der Waals surface area contributed by atoms with Crippen LogP contribution in [-0.2, 0) is 4.79 Å². The van der Waals surface area contributed by atoms with Gasteiger partial charge in [-0.3, -0.25) is 14.6 Å². The molecule has 1 fully saturated rings. The van der Waals surface area contributed by atoms with Crippen LogP contribution in [-0.4, -0.2) is 50.9 Å². The van der Waals surface area contributed by atoms with Crippen LogP contribution < -0.4 is 11.2 Å². The van der Waals surface area contributed by atoms with Gasteiger partial charge in [0.25, 0.3) is 18.2 Å². The van der Waals surface area contributed by atoms with Crippen LogP contribution in [0.15, 0.2) is 70.3 Å². The highest BCUT2D eigenvalue weighted by Gasteiger charge is 2.47. The molecule has 39 heavy (non-hydrogen) atoms. The molecule has 4 heterocycles. The van der Waals surface area contributed by atoms with Gasteiger partial charge in [0.2, 0.25) is 11.6 Å². The van der Waals surface area contributed by atoms with Crippen LogP contribution in [0.2, 0.25) is 0 Å². The number of halogens is 3. The third kappa shape index (κ3) is 4.88. The molecule has 3 N–H and O–H groups in total. The van der Waals surface area contributed by atoms with Gasteiger partial charge in [-0.15, -0.1) is 4.59 Å². The molecule has 0 bridgehead atoms. The molecule has 2 aromatic rings. The lowest BCUT2D eigenvalue weighted by Crippen LogP contribution is -2.53. The van der Waals surface area contributed by atoms with Crippen molar-refractivity contribution in [3.05, 3.63) is 82.8 Å². The Bertz CT molecular complexity index is 1470. The van der Waals surface area contributed by atoms with E-state index < -0.39 is 22.7 Å². The van der Waals surface area contributed by atoms with Crippen molar-refractivity contribution in [1.82, 2.24) is 9.88 Å². The third-order valence-electron chi connectivity index (χ3n) is 7.25.